The molecule has 12 nitrogen and oxygen atoms in total. The second kappa shape index (κ2) is 16.4. The molecule has 2 aliphatic heterocycles. The van der Waals surface area contributed by atoms with Gasteiger partial charge in [-0.25, -0.2) is 0 Å². The van der Waals surface area contributed by atoms with Gasteiger partial charge in [0.1, 0.15) is 17.8 Å². The van der Waals surface area contributed by atoms with Gasteiger partial charge in [-0.2, -0.15) is 0 Å². The number of carbonyl (C=O) groups excluding carboxylic acids is 4. The molecule has 4 aliphatic rings. The number of carbonyl (C=O) groups is 4. The van der Waals surface area contributed by atoms with Gasteiger partial charge in [-0.3, -0.25) is 19.2 Å². The fourth-order valence-corrected chi connectivity index (χ4v) is 7.64. The van der Waals surface area contributed by atoms with Gasteiger partial charge in [0.15, 0.2) is 11.7 Å². The molecular formula is C38H54ClN5O7. The summed E-state index contributed by atoms with van der Waals surface area (Å²) in [4.78, 5) is 62.6. The van der Waals surface area contributed by atoms with Crippen LogP contribution in [0.3, 0.4) is 0 Å². The van der Waals surface area contributed by atoms with Crippen LogP contribution >= 0.6 is 11.6 Å². The van der Waals surface area contributed by atoms with Crippen LogP contribution in [-0.4, -0.2) is 88.4 Å². The number of oxime groups is 1. The Balaban J connectivity index is 1.38. The van der Waals surface area contributed by atoms with E-state index in [1.807, 2.05) is 40.7 Å². The molecule has 0 radical (unpaired) electrons. The fraction of sp³-hybridized carbons (Fsp3) is 0.658. The van der Waals surface area contributed by atoms with Crippen LogP contribution in [0.4, 0.5) is 0 Å². The molecular weight excluding hydrogens is 674 g/mol. The van der Waals surface area contributed by atoms with Gasteiger partial charge in [-0.15, -0.1) is 0 Å². The van der Waals surface area contributed by atoms with Crippen LogP contribution in [-0.2, 0) is 24.0 Å². The highest BCUT2D eigenvalue weighted by Crippen LogP contribution is 2.41. The Morgan fingerprint density at radius 2 is 1.84 bits per heavy atom. The Morgan fingerprint density at radius 1 is 1.12 bits per heavy atom. The number of hydrogen-bond acceptors (Lipinski definition) is 8. The predicted octanol–water partition coefficient (Wildman–Crippen LogP) is 4.40. The molecule has 2 heterocycles. The van der Waals surface area contributed by atoms with Crippen molar-refractivity contribution in [1.29, 1.82) is 0 Å². The minimum Gasteiger partial charge on any atom is -0.492 e. The summed E-state index contributed by atoms with van der Waals surface area (Å²) in [5.41, 5.74) is -0.355. The molecule has 1 aromatic rings. The summed E-state index contributed by atoms with van der Waals surface area (Å²) in [6, 6.07) is 2.35. The molecule has 13 heteroatoms. The first kappa shape index (κ1) is 38.6. The summed E-state index contributed by atoms with van der Waals surface area (Å²) < 4.78 is 5.58. The SMILES string of the molecule is CCC[C@H](NC(=O)[C@@H]1C[C@]2(CC(c3ccc(OCC)c(Cl)c3)=NO2)CN1C(=O)[C@@H](NC(=O)CC1CCCCC1)C(C)(C)C)C(O)C(=O)NC1C=C1. The molecule has 51 heavy (non-hydrogen) atoms. The van der Waals surface area contributed by atoms with Gasteiger partial charge in [-0.05, 0) is 55.7 Å². The minimum atomic E-state index is -1.49. The van der Waals surface area contributed by atoms with Gasteiger partial charge in [0.25, 0.3) is 5.91 Å². The van der Waals surface area contributed by atoms with Crippen LogP contribution in [0.1, 0.15) is 104 Å². The van der Waals surface area contributed by atoms with Crippen LogP contribution in [0.5, 0.6) is 5.75 Å². The summed E-state index contributed by atoms with van der Waals surface area (Å²) in [5.74, 6) is -0.838. The second-order valence-corrected chi connectivity index (χ2v) is 16.0. The maximum atomic E-state index is 14.6. The molecule has 1 aromatic carbocycles. The second-order valence-electron chi connectivity index (χ2n) is 15.6. The van der Waals surface area contributed by atoms with Crippen LogP contribution in [0, 0.1) is 11.3 Å². The normalized spacial score (nSPS) is 23.6. The van der Waals surface area contributed by atoms with Gasteiger partial charge in [0, 0.05) is 24.8 Å². The number of halogens is 1. The fourth-order valence-electron chi connectivity index (χ4n) is 7.41. The van der Waals surface area contributed by atoms with E-state index < -0.39 is 53.0 Å². The molecule has 0 bridgehead atoms. The molecule has 280 valence electrons. The Hall–Kier alpha value is -3.64. The topological polar surface area (TPSA) is 159 Å². The van der Waals surface area contributed by atoms with E-state index in [-0.39, 0.29) is 30.8 Å². The average Bonchev–Trinajstić information content (AvgIpc) is 3.68. The number of rotatable bonds is 14. The minimum absolute atomic E-state index is 0.0432. The molecule has 2 fully saturated rings. The summed E-state index contributed by atoms with van der Waals surface area (Å²) >= 11 is 6.49. The lowest BCUT2D eigenvalue weighted by molar-refractivity contribution is -0.145. The molecule has 5 rings (SSSR count). The summed E-state index contributed by atoms with van der Waals surface area (Å²) in [5, 5.41) is 24.4. The smallest absolute Gasteiger partial charge is 0.251 e. The maximum Gasteiger partial charge on any atom is 0.251 e. The largest absolute Gasteiger partial charge is 0.492 e. The van der Waals surface area contributed by atoms with Crippen molar-refractivity contribution in [1.82, 2.24) is 20.9 Å². The highest BCUT2D eigenvalue weighted by molar-refractivity contribution is 6.32. The number of aliphatic hydroxyl groups excluding tert-OH is 1. The van der Waals surface area contributed by atoms with E-state index >= 15 is 0 Å². The standard InChI is InChI=1S/C38H54ClN5O7/c1-6-11-27(32(46)35(48)40-25-15-16-25)41-34(47)29-21-38(20-28(43-51-38)24-14-17-30(50-7-2)26(39)19-24)22-44(29)36(49)33(37(3,4)5)42-31(45)18-23-12-9-8-10-13-23/h14-17,19,23,25,27,29,32-33,46H,6-13,18,20-22H2,1-5H3,(H,40,48)(H,41,47)(H,42,45)/t27-,29-,32?,33+,38+/m0/s1. The van der Waals surface area contributed by atoms with E-state index in [1.54, 1.807) is 24.3 Å². The predicted molar refractivity (Wildman–Crippen MR) is 194 cm³/mol. The number of benzene rings is 1. The molecule has 1 saturated heterocycles. The molecule has 1 saturated carbocycles. The van der Waals surface area contributed by atoms with E-state index in [2.05, 4.69) is 21.1 Å². The number of nitrogens with zero attached hydrogens (tertiary/aromatic N) is 2. The van der Waals surface area contributed by atoms with Crippen molar-refractivity contribution >= 4 is 40.9 Å². The van der Waals surface area contributed by atoms with Gasteiger partial charge in [-0.1, -0.05) is 82.3 Å². The molecule has 2 aliphatic carbocycles. The molecule has 1 spiro atoms. The van der Waals surface area contributed by atoms with Gasteiger partial charge < -0.3 is 35.5 Å². The monoisotopic (exact) mass is 727 g/mol. The number of hydrogen-bond donors (Lipinski definition) is 4. The van der Waals surface area contributed by atoms with Crippen molar-refractivity contribution in [3.8, 4) is 5.75 Å². The van der Waals surface area contributed by atoms with E-state index in [9.17, 15) is 24.3 Å². The number of nitrogens with one attached hydrogen (secondary N) is 3. The van der Waals surface area contributed by atoms with Gasteiger partial charge >= 0.3 is 0 Å². The van der Waals surface area contributed by atoms with E-state index in [1.165, 1.54) is 11.3 Å². The number of likely N-dealkylation sites (tertiary alicyclic amines) is 1. The number of aliphatic hydroxyl groups is 1. The van der Waals surface area contributed by atoms with Crippen molar-refractivity contribution in [3.63, 3.8) is 0 Å². The lowest BCUT2D eigenvalue weighted by atomic mass is 9.84. The highest BCUT2D eigenvalue weighted by Gasteiger charge is 2.55. The van der Waals surface area contributed by atoms with E-state index in [0.717, 1.165) is 31.2 Å². The third-order valence-corrected chi connectivity index (χ3v) is 10.6. The molecule has 5 atom stereocenters. The van der Waals surface area contributed by atoms with Crippen LogP contribution in [0.25, 0.3) is 0 Å². The Kier molecular flexibility index (Phi) is 12.4. The first-order chi connectivity index (χ1) is 24.2. The van der Waals surface area contributed by atoms with E-state index in [4.69, 9.17) is 21.2 Å². The number of ether oxygens (including phenoxy) is 1. The van der Waals surface area contributed by atoms with E-state index in [0.29, 0.717) is 48.8 Å². The molecule has 4 N–H and O–H groups in total. The Labute approximate surface area is 306 Å². The number of amides is 4. The van der Waals surface area contributed by atoms with Crippen molar-refractivity contribution in [2.45, 2.75) is 135 Å². The zero-order chi connectivity index (χ0) is 36.9. The summed E-state index contributed by atoms with van der Waals surface area (Å²) in [6.45, 7) is 9.95. The van der Waals surface area contributed by atoms with Gasteiger partial charge in [0.2, 0.25) is 17.7 Å². The first-order valence-electron chi connectivity index (χ1n) is 18.5. The Bertz CT molecular complexity index is 1510. The zero-order valence-corrected chi connectivity index (χ0v) is 31.3. The van der Waals surface area contributed by atoms with Crippen molar-refractivity contribution in [2.75, 3.05) is 13.2 Å². The summed E-state index contributed by atoms with van der Waals surface area (Å²) in [6.07, 6.45) is 9.18. The molecule has 4 amide bonds. The van der Waals surface area contributed by atoms with Crippen LogP contribution in [0.15, 0.2) is 35.5 Å². The van der Waals surface area contributed by atoms with Crippen molar-refractivity contribution in [3.05, 3.63) is 40.9 Å². The van der Waals surface area contributed by atoms with Crippen LogP contribution in [0.2, 0.25) is 5.02 Å². The molecule has 1 unspecified atom stereocenters. The zero-order valence-electron chi connectivity index (χ0n) is 30.5. The van der Waals surface area contributed by atoms with Crippen molar-refractivity contribution in [2.24, 2.45) is 16.5 Å². The highest BCUT2D eigenvalue weighted by atomic mass is 35.5. The van der Waals surface area contributed by atoms with Crippen LogP contribution < -0.4 is 20.7 Å². The molecule has 0 aromatic heterocycles. The van der Waals surface area contributed by atoms with Crippen molar-refractivity contribution < 1.29 is 33.9 Å². The Morgan fingerprint density at radius 3 is 2.47 bits per heavy atom. The average molecular weight is 728 g/mol. The quantitative estimate of drug-likeness (QED) is 0.207. The lowest BCUT2D eigenvalue weighted by Crippen LogP contribution is -2.59. The van der Waals surface area contributed by atoms with Gasteiger partial charge in [0.05, 0.1) is 36.0 Å². The lowest BCUT2D eigenvalue weighted by Gasteiger charge is -2.36. The third-order valence-electron chi connectivity index (χ3n) is 10.3. The summed E-state index contributed by atoms with van der Waals surface area (Å²) in [7, 11) is 0. The third kappa shape index (κ3) is 9.62. The maximum absolute atomic E-state index is 14.6. The first-order valence-corrected chi connectivity index (χ1v) is 18.9.